The molecule has 0 saturated carbocycles. The van der Waals surface area contributed by atoms with Crippen LogP contribution in [0.3, 0.4) is 0 Å². The van der Waals surface area contributed by atoms with Gasteiger partial charge in [-0.15, -0.1) is 0 Å². The van der Waals surface area contributed by atoms with Crippen molar-refractivity contribution < 1.29 is 66.8 Å². The summed E-state index contributed by atoms with van der Waals surface area (Å²) in [5, 5.41) is 58.2. The van der Waals surface area contributed by atoms with E-state index in [2.05, 4.69) is 4.18 Å². The summed E-state index contributed by atoms with van der Waals surface area (Å²) in [6.07, 6.45) is -7.63. The Labute approximate surface area is 194 Å². The fraction of sp³-hybridized carbons (Fsp3) is 0.941. The van der Waals surface area contributed by atoms with Crippen LogP contribution < -0.4 is 0 Å². The van der Waals surface area contributed by atoms with Crippen LogP contribution in [0.5, 0.6) is 0 Å². The van der Waals surface area contributed by atoms with E-state index < -0.39 is 92.5 Å². The third kappa shape index (κ3) is 11.7. The van der Waals surface area contributed by atoms with Gasteiger partial charge in [-0.3, -0.25) is 0 Å². The maximum atomic E-state index is 11.6. The first-order valence-electron chi connectivity index (χ1n) is 9.98. The molecule has 7 atom stereocenters. The molecule has 1 heterocycles. The first-order valence-corrected chi connectivity index (χ1v) is 17.7. The van der Waals surface area contributed by atoms with Gasteiger partial charge in [-0.05, 0) is 0 Å². The van der Waals surface area contributed by atoms with Crippen LogP contribution in [0.15, 0.2) is 0 Å². The molecule has 16 heteroatoms. The van der Waals surface area contributed by atoms with Crippen LogP contribution in [0.2, 0.25) is 21.8 Å². The van der Waals surface area contributed by atoms with Gasteiger partial charge in [0.1, 0.15) is 0 Å². The monoisotopic (exact) mass is 568 g/mol. The molecule has 0 aromatic heterocycles. The van der Waals surface area contributed by atoms with Gasteiger partial charge >= 0.3 is 194 Å². The molecule has 1 aliphatic rings. The van der Waals surface area contributed by atoms with Crippen LogP contribution in [0.25, 0.3) is 0 Å². The molecule has 0 spiro atoms. The second-order valence-corrected chi connectivity index (χ2v) is 19.1. The van der Waals surface area contributed by atoms with Crippen LogP contribution in [-0.2, 0) is 33.6 Å². The normalized spacial score (nSPS) is 26.8. The van der Waals surface area contributed by atoms with Crippen molar-refractivity contribution in [1.82, 2.24) is 0 Å². The van der Waals surface area contributed by atoms with Crippen molar-refractivity contribution in [3.63, 3.8) is 0 Å². The van der Waals surface area contributed by atoms with Crippen LogP contribution >= 0.6 is 0 Å². The number of carboxylic acids is 1. The van der Waals surface area contributed by atoms with Crippen molar-refractivity contribution in [3.8, 4) is 0 Å². The third-order valence-corrected chi connectivity index (χ3v) is 11.0. The number of carbonyl (C=O) groups is 1. The van der Waals surface area contributed by atoms with Gasteiger partial charge < -0.3 is 0 Å². The summed E-state index contributed by atoms with van der Waals surface area (Å²) in [5.41, 5.74) is 3.80. The van der Waals surface area contributed by atoms with Crippen molar-refractivity contribution in [1.29, 1.82) is 0 Å². The van der Waals surface area contributed by atoms with Gasteiger partial charge in [-0.2, -0.15) is 0 Å². The Morgan fingerprint density at radius 1 is 1.09 bits per heavy atom. The first kappa shape index (κ1) is 30.6. The molecule has 196 valence electrons. The van der Waals surface area contributed by atoms with E-state index in [1.807, 2.05) is 11.4 Å². The molecular formula is C17H33AsO14S. The molecule has 33 heavy (non-hydrogen) atoms. The second-order valence-electron chi connectivity index (χ2n) is 8.41. The molecular weight excluding hydrogens is 535 g/mol. The van der Waals surface area contributed by atoms with E-state index in [0.29, 0.717) is 5.21 Å². The van der Waals surface area contributed by atoms with Crippen molar-refractivity contribution in [3.05, 3.63) is 0 Å². The van der Waals surface area contributed by atoms with Crippen LogP contribution in [-0.4, -0.2) is 133 Å². The number of rotatable bonds is 16. The number of aliphatic hydroxyl groups is 5. The predicted molar refractivity (Wildman–Crippen MR) is 110 cm³/mol. The van der Waals surface area contributed by atoms with Gasteiger partial charge in [0, 0.05) is 0 Å². The van der Waals surface area contributed by atoms with Gasteiger partial charge in [0.15, 0.2) is 0 Å². The number of ether oxygens (including phenoxy) is 3. The Bertz CT molecular complexity index is 704. The summed E-state index contributed by atoms with van der Waals surface area (Å²) in [5.74, 6) is -1.96. The zero-order valence-corrected chi connectivity index (χ0v) is 21.0. The molecule has 6 N–H and O–H groups in total. The fourth-order valence-electron chi connectivity index (χ4n) is 3.18. The number of carboxylic acid groups (broad SMARTS) is 1. The van der Waals surface area contributed by atoms with E-state index in [4.69, 9.17) is 19.3 Å². The quantitative estimate of drug-likeness (QED) is 0.0622. The average molecular weight is 568 g/mol. The van der Waals surface area contributed by atoms with Gasteiger partial charge in [0.25, 0.3) is 0 Å². The summed E-state index contributed by atoms with van der Waals surface area (Å²) in [7, 11) is -4.99. The topological polar surface area (TPSA) is 233 Å². The summed E-state index contributed by atoms with van der Waals surface area (Å²) in [6, 6.07) is 0. The van der Waals surface area contributed by atoms with E-state index in [1.165, 1.54) is 0 Å². The molecule has 2 unspecified atom stereocenters. The van der Waals surface area contributed by atoms with Gasteiger partial charge in [0.2, 0.25) is 0 Å². The Morgan fingerprint density at radius 3 is 2.27 bits per heavy atom. The molecule has 0 aliphatic carbocycles. The third-order valence-electron chi connectivity index (χ3n) is 4.75. The van der Waals surface area contributed by atoms with E-state index in [0.717, 1.165) is 0 Å². The summed E-state index contributed by atoms with van der Waals surface area (Å²) < 4.78 is 51.0. The summed E-state index contributed by atoms with van der Waals surface area (Å²) in [4.78, 5) is 11.6. The van der Waals surface area contributed by atoms with E-state index in [1.54, 1.807) is 0 Å². The molecule has 1 aliphatic heterocycles. The van der Waals surface area contributed by atoms with Crippen LogP contribution in [0.1, 0.15) is 0 Å². The van der Waals surface area contributed by atoms with Gasteiger partial charge in [0.05, 0.1) is 0 Å². The Morgan fingerprint density at radius 2 is 1.73 bits per heavy atom. The molecule has 1 saturated heterocycles. The Kier molecular flexibility index (Phi) is 12.6. The van der Waals surface area contributed by atoms with Gasteiger partial charge in [-0.1, -0.05) is 0 Å². The van der Waals surface area contributed by atoms with Crippen molar-refractivity contribution in [2.45, 2.75) is 58.6 Å². The minimum atomic E-state index is -4.99. The zero-order chi connectivity index (χ0) is 25.4. The second kappa shape index (κ2) is 13.6. The van der Waals surface area contributed by atoms with Gasteiger partial charge in [-0.25, -0.2) is 0 Å². The average Bonchev–Trinajstić information content (AvgIpc) is 2.96. The van der Waals surface area contributed by atoms with Crippen LogP contribution in [0.4, 0.5) is 0 Å². The maximum absolute atomic E-state index is 11.6. The molecule has 1 rings (SSSR count). The molecule has 1 fully saturated rings. The summed E-state index contributed by atoms with van der Waals surface area (Å²) in [6.45, 7) is -2.28. The predicted octanol–water partition coefficient (Wildman–Crippen LogP) is -2.93. The fourth-order valence-corrected chi connectivity index (χ4v) is 9.55. The standard InChI is InChI=1S/C17H33AsO14S/c1-18(2,3-10(16(24)25)6-29-7-11(20)5-19)4-13-14(22)15(23)17(32-13)30-8-12(21)9-31-33(26,27)28/h10-15,17,19-23H,3-9H2,1-2H3,(H-,24,25,26,27,28)/t10?,11?,12-,13+,14+,15+,17+/m0/s1. The molecule has 0 bridgehead atoms. The number of hydrogen-bond acceptors (Lipinski definition) is 13. The van der Waals surface area contributed by atoms with Crippen molar-refractivity contribution >= 4 is 29.9 Å². The minimum absolute atomic E-state index is 0.168. The molecule has 0 aromatic rings. The Balaban J connectivity index is 2.59. The van der Waals surface area contributed by atoms with E-state index >= 15 is 0 Å². The van der Waals surface area contributed by atoms with Crippen molar-refractivity contribution in [2.24, 2.45) is 5.92 Å². The van der Waals surface area contributed by atoms with Crippen molar-refractivity contribution in [2.75, 3.05) is 33.0 Å². The SMILES string of the molecule is C[As+](C)(CC(COCC(O)CO)C(=O)O)C[C@H]1O[C@@H](OC[C@H](O)COS(=O)(=O)[O-])[C@H](O)[C@@H]1O. The zero-order valence-electron chi connectivity index (χ0n) is 18.3. The number of hydrogen-bond donors (Lipinski definition) is 6. The molecule has 0 amide bonds. The Hall–Kier alpha value is -0.422. The summed E-state index contributed by atoms with van der Waals surface area (Å²) >= 11 is -2.74. The number of aliphatic hydroxyl groups excluding tert-OH is 5. The van der Waals surface area contributed by atoms with E-state index in [-0.39, 0.29) is 18.4 Å². The first-order chi connectivity index (χ1) is 15.1. The molecule has 0 radical (unpaired) electrons. The van der Waals surface area contributed by atoms with E-state index in [9.17, 15) is 43.3 Å². The molecule has 0 aromatic carbocycles. The van der Waals surface area contributed by atoms with Crippen LogP contribution in [0, 0.1) is 5.92 Å². The molecule has 14 nitrogen and oxygen atoms in total. The number of aliphatic carboxylic acids is 1.